The van der Waals surface area contributed by atoms with Crippen LogP contribution in [0.3, 0.4) is 0 Å². The van der Waals surface area contributed by atoms with Crippen LogP contribution in [-0.4, -0.2) is 21.7 Å². The zero-order valence-electron chi connectivity index (χ0n) is 22.9. The SMILES string of the molecule is [2H]c1c([2H])c([2H])c(-n2c3c([2H])c([2H])c([2H])c([2H])c3c3c(B(O)O)c([2H])c([2H])c([2H])c32)c([2H])c1[2H]. The zero-order chi connectivity index (χ0) is 25.5. The van der Waals surface area contributed by atoms with Crippen molar-refractivity contribution in [3.63, 3.8) is 0 Å². The lowest BCUT2D eigenvalue weighted by atomic mass is 9.77. The Bertz CT molecular complexity index is 1540. The van der Waals surface area contributed by atoms with Crippen molar-refractivity contribution in [3.05, 3.63) is 72.5 Å². The standard InChI is InChI=1S/C18H14BNO2/c21-19(22)15-10-6-12-17-18(15)14-9-4-5-11-16(14)20(17)13-7-2-1-3-8-13/h1-12,21-22H/i1D,2D,3D,4D,5D,6D,7D,8D,9D,10D,11D,12D. The Morgan fingerprint density at radius 3 is 2.23 bits per heavy atom. The van der Waals surface area contributed by atoms with Crippen LogP contribution in [0.2, 0.25) is 0 Å². The number of para-hydroxylation sites is 2. The van der Waals surface area contributed by atoms with Crippen molar-refractivity contribution in [2.75, 3.05) is 0 Å². The van der Waals surface area contributed by atoms with Crippen LogP contribution in [0.5, 0.6) is 0 Å². The van der Waals surface area contributed by atoms with Crippen LogP contribution in [0.25, 0.3) is 27.5 Å². The summed E-state index contributed by atoms with van der Waals surface area (Å²) in [5, 5.41) is 19.3. The molecule has 106 valence electrons. The summed E-state index contributed by atoms with van der Waals surface area (Å²) in [4.78, 5) is 0. The molecule has 2 N–H and O–H groups in total. The molecule has 0 fully saturated rings. The van der Waals surface area contributed by atoms with E-state index in [1.807, 2.05) is 0 Å². The molecule has 0 aliphatic carbocycles. The molecule has 0 saturated carbocycles. The molecular weight excluding hydrogens is 273 g/mol. The van der Waals surface area contributed by atoms with Gasteiger partial charge in [0.2, 0.25) is 0 Å². The second-order valence-corrected chi connectivity index (χ2v) is 4.42. The van der Waals surface area contributed by atoms with E-state index in [0.29, 0.717) is 0 Å². The minimum absolute atomic E-state index is 0.349. The largest absolute Gasteiger partial charge is 0.489 e. The number of fused-ring (bicyclic) bond motifs is 3. The maximum absolute atomic E-state index is 10.0. The van der Waals surface area contributed by atoms with Crippen molar-refractivity contribution in [2.24, 2.45) is 0 Å². The zero-order valence-corrected chi connectivity index (χ0v) is 10.9. The van der Waals surface area contributed by atoms with Gasteiger partial charge in [-0.25, -0.2) is 0 Å². The van der Waals surface area contributed by atoms with Crippen LogP contribution in [0, 0.1) is 0 Å². The molecule has 4 aromatic rings. The molecule has 1 heterocycles. The van der Waals surface area contributed by atoms with Gasteiger partial charge in [-0.2, -0.15) is 0 Å². The van der Waals surface area contributed by atoms with Gasteiger partial charge in [-0.1, -0.05) is 48.3 Å². The number of aromatic nitrogens is 1. The fourth-order valence-corrected chi connectivity index (χ4v) is 2.37. The summed E-state index contributed by atoms with van der Waals surface area (Å²) in [7, 11) is -2.38. The van der Waals surface area contributed by atoms with E-state index < -0.39 is 102 Å². The third-order valence-electron chi connectivity index (χ3n) is 3.22. The van der Waals surface area contributed by atoms with Crippen molar-refractivity contribution in [2.45, 2.75) is 0 Å². The lowest BCUT2D eigenvalue weighted by Gasteiger charge is -2.08. The lowest BCUT2D eigenvalue weighted by Crippen LogP contribution is -2.30. The average molecular weight is 299 g/mol. The minimum Gasteiger partial charge on any atom is -0.423 e. The first-order valence-electron chi connectivity index (χ1n) is 12.2. The van der Waals surface area contributed by atoms with E-state index in [4.69, 9.17) is 16.4 Å². The summed E-state index contributed by atoms with van der Waals surface area (Å²) in [5.41, 5.74) is -2.00. The van der Waals surface area contributed by atoms with Gasteiger partial charge in [0.15, 0.2) is 0 Å². The Labute approximate surface area is 145 Å². The summed E-state index contributed by atoms with van der Waals surface area (Å²) in [6, 6.07) is -8.71. The minimum atomic E-state index is -2.38. The topological polar surface area (TPSA) is 45.4 Å². The van der Waals surface area contributed by atoms with Gasteiger partial charge in [0.1, 0.15) is 0 Å². The molecule has 0 aliphatic rings. The van der Waals surface area contributed by atoms with Crippen LogP contribution < -0.4 is 5.46 Å². The summed E-state index contributed by atoms with van der Waals surface area (Å²) >= 11 is 0. The molecule has 1 aromatic heterocycles. The number of hydrogen-bond acceptors (Lipinski definition) is 2. The van der Waals surface area contributed by atoms with E-state index in [9.17, 15) is 10.0 Å². The van der Waals surface area contributed by atoms with Crippen molar-refractivity contribution >= 4 is 34.4 Å². The number of rotatable bonds is 2. The number of hydrogen-bond donors (Lipinski definition) is 2. The van der Waals surface area contributed by atoms with Crippen molar-refractivity contribution in [3.8, 4) is 5.69 Å². The molecule has 0 unspecified atom stereocenters. The highest BCUT2D eigenvalue weighted by molar-refractivity contribution is 6.63. The normalized spacial score (nSPS) is 18.8. The molecule has 0 atom stereocenters. The lowest BCUT2D eigenvalue weighted by molar-refractivity contribution is 0.426. The third kappa shape index (κ3) is 1.85. The van der Waals surface area contributed by atoms with E-state index in [2.05, 4.69) is 0 Å². The molecule has 4 heteroatoms. The van der Waals surface area contributed by atoms with Gasteiger partial charge in [0, 0.05) is 16.5 Å². The van der Waals surface area contributed by atoms with E-state index in [-0.39, 0.29) is 10.8 Å². The van der Waals surface area contributed by atoms with Crippen molar-refractivity contribution in [1.82, 2.24) is 4.57 Å². The monoisotopic (exact) mass is 299 g/mol. The second-order valence-electron chi connectivity index (χ2n) is 4.42. The fourth-order valence-electron chi connectivity index (χ4n) is 2.37. The number of benzene rings is 3. The Hall–Kier alpha value is -2.56. The first kappa shape index (κ1) is 5.58. The molecule has 3 aromatic carbocycles. The van der Waals surface area contributed by atoms with Crippen LogP contribution in [-0.2, 0) is 0 Å². The Kier molecular flexibility index (Phi) is 1.27. The third-order valence-corrected chi connectivity index (χ3v) is 3.22. The van der Waals surface area contributed by atoms with E-state index >= 15 is 0 Å². The smallest absolute Gasteiger partial charge is 0.423 e. The van der Waals surface area contributed by atoms with Crippen molar-refractivity contribution in [1.29, 1.82) is 0 Å². The molecule has 0 radical (unpaired) electrons. The molecule has 0 bridgehead atoms. The van der Waals surface area contributed by atoms with Crippen LogP contribution in [0.1, 0.15) is 16.4 Å². The van der Waals surface area contributed by atoms with Gasteiger partial charge >= 0.3 is 7.12 Å². The molecule has 0 spiro atoms. The predicted molar refractivity (Wildman–Crippen MR) is 90.6 cm³/mol. The average Bonchev–Trinajstić information content (AvgIpc) is 3.12. The van der Waals surface area contributed by atoms with Gasteiger partial charge < -0.3 is 14.6 Å². The Morgan fingerprint density at radius 1 is 0.773 bits per heavy atom. The highest BCUT2D eigenvalue weighted by atomic mass is 16.4. The summed E-state index contributed by atoms with van der Waals surface area (Å²) in [5.74, 6) is 0. The molecule has 22 heavy (non-hydrogen) atoms. The molecule has 0 saturated heterocycles. The predicted octanol–water partition coefficient (Wildman–Crippen LogP) is 2.46. The first-order valence-corrected chi connectivity index (χ1v) is 6.23. The molecule has 0 amide bonds. The van der Waals surface area contributed by atoms with Crippen LogP contribution in [0.4, 0.5) is 0 Å². The van der Waals surface area contributed by atoms with Crippen LogP contribution >= 0.6 is 0 Å². The van der Waals surface area contributed by atoms with Crippen LogP contribution in [0.15, 0.2) is 72.5 Å². The van der Waals surface area contributed by atoms with Crippen molar-refractivity contribution < 1.29 is 26.5 Å². The molecular formula is C18H14BNO2. The van der Waals surface area contributed by atoms with Gasteiger partial charge in [0.25, 0.3) is 0 Å². The molecule has 3 nitrogen and oxygen atoms in total. The van der Waals surface area contributed by atoms with Gasteiger partial charge in [-0.15, -0.1) is 0 Å². The van der Waals surface area contributed by atoms with E-state index in [1.165, 1.54) is 0 Å². The molecule has 0 aliphatic heterocycles. The van der Waals surface area contributed by atoms with Gasteiger partial charge in [0.05, 0.1) is 27.5 Å². The maximum Gasteiger partial charge on any atom is 0.489 e. The Balaban J connectivity index is 2.52. The highest BCUT2D eigenvalue weighted by Crippen LogP contribution is 2.30. The maximum atomic E-state index is 10.0. The second kappa shape index (κ2) is 5.02. The highest BCUT2D eigenvalue weighted by Gasteiger charge is 2.20. The Morgan fingerprint density at radius 2 is 1.45 bits per heavy atom. The summed E-state index contributed by atoms with van der Waals surface area (Å²) < 4.78 is 99.1. The molecule has 4 rings (SSSR count). The van der Waals surface area contributed by atoms with E-state index in [0.717, 1.165) is 4.57 Å². The summed E-state index contributed by atoms with van der Waals surface area (Å²) in [6.07, 6.45) is 0. The fraction of sp³-hybridized carbons (Fsp3) is 0. The van der Waals surface area contributed by atoms with Gasteiger partial charge in [-0.3, -0.25) is 0 Å². The quantitative estimate of drug-likeness (QED) is 0.559. The van der Waals surface area contributed by atoms with Gasteiger partial charge in [-0.05, 0) is 29.6 Å². The summed E-state index contributed by atoms with van der Waals surface area (Å²) in [6.45, 7) is 0. The first-order chi connectivity index (χ1) is 15.7. The van der Waals surface area contributed by atoms with E-state index in [1.54, 1.807) is 0 Å². The number of nitrogens with zero attached hydrogens (tertiary/aromatic N) is 1.